The molecule has 124 valence electrons. The molecule has 2 heterocycles. The summed E-state index contributed by atoms with van der Waals surface area (Å²) in [4.78, 5) is 17.4. The number of halogens is 2. The molecule has 0 saturated heterocycles. The monoisotopic (exact) mass is 365 g/mol. The topological polar surface area (TPSA) is 68.0 Å². The van der Waals surface area contributed by atoms with E-state index in [0.717, 1.165) is 9.75 Å². The maximum atomic E-state index is 13.1. The van der Waals surface area contributed by atoms with Crippen molar-refractivity contribution in [2.45, 2.75) is 19.9 Å². The Kier molecular flexibility index (Phi) is 4.92. The minimum atomic E-state index is -0.430. The van der Waals surface area contributed by atoms with Gasteiger partial charge < -0.3 is 9.84 Å². The molecule has 2 aromatic heterocycles. The van der Waals surface area contributed by atoms with Crippen molar-refractivity contribution < 1.29 is 13.7 Å². The molecule has 0 spiro atoms. The lowest BCUT2D eigenvalue weighted by molar-refractivity contribution is -0.120. The minimum absolute atomic E-state index is 0.00208. The van der Waals surface area contributed by atoms with Crippen molar-refractivity contribution in [2.75, 3.05) is 0 Å². The summed E-state index contributed by atoms with van der Waals surface area (Å²) in [6, 6.07) is 7.73. The minimum Gasteiger partial charge on any atom is -0.351 e. The van der Waals surface area contributed by atoms with Crippen LogP contribution in [0.15, 0.2) is 34.9 Å². The lowest BCUT2D eigenvalue weighted by atomic mass is 10.2. The van der Waals surface area contributed by atoms with E-state index in [-0.39, 0.29) is 16.8 Å². The predicted octanol–water partition coefficient (Wildman–Crippen LogP) is 4.28. The Morgan fingerprint density at radius 1 is 1.38 bits per heavy atom. The van der Waals surface area contributed by atoms with Crippen LogP contribution in [0.3, 0.4) is 0 Å². The molecule has 0 atom stereocenters. The van der Waals surface area contributed by atoms with Crippen molar-refractivity contribution >= 4 is 28.8 Å². The third kappa shape index (κ3) is 3.63. The Bertz CT molecular complexity index is 878. The van der Waals surface area contributed by atoms with Crippen LogP contribution in [0.1, 0.15) is 18.2 Å². The van der Waals surface area contributed by atoms with Crippen molar-refractivity contribution in [3.63, 3.8) is 0 Å². The van der Waals surface area contributed by atoms with Crippen LogP contribution in [-0.2, 0) is 11.3 Å². The Hall–Kier alpha value is -2.25. The van der Waals surface area contributed by atoms with E-state index < -0.39 is 5.82 Å². The summed E-state index contributed by atoms with van der Waals surface area (Å²) in [5.74, 6) is 0.214. The Morgan fingerprint density at radius 3 is 2.96 bits per heavy atom. The van der Waals surface area contributed by atoms with E-state index in [0.29, 0.717) is 24.4 Å². The number of nitrogens with one attached hydrogen (secondary N) is 1. The van der Waals surface area contributed by atoms with E-state index in [1.807, 2.05) is 12.1 Å². The summed E-state index contributed by atoms with van der Waals surface area (Å²) in [5, 5.41) is 6.95. The highest BCUT2D eigenvalue weighted by atomic mass is 35.5. The summed E-state index contributed by atoms with van der Waals surface area (Å²) in [6.45, 7) is 2.27. The maximum Gasteiger partial charge on any atom is 0.259 e. The molecule has 0 aliphatic carbocycles. The summed E-state index contributed by atoms with van der Waals surface area (Å²) < 4.78 is 18.3. The zero-order valence-corrected chi connectivity index (χ0v) is 14.2. The zero-order valence-electron chi connectivity index (χ0n) is 12.7. The van der Waals surface area contributed by atoms with Crippen molar-refractivity contribution in [2.24, 2.45) is 0 Å². The van der Waals surface area contributed by atoms with Crippen molar-refractivity contribution in [1.29, 1.82) is 0 Å². The van der Waals surface area contributed by atoms with Crippen LogP contribution >= 0.6 is 22.9 Å². The number of hydrogen-bond donors (Lipinski definition) is 1. The number of carbonyl (C=O) groups excluding carboxylic acids is 1. The van der Waals surface area contributed by atoms with E-state index in [9.17, 15) is 9.18 Å². The van der Waals surface area contributed by atoms with Crippen molar-refractivity contribution in [3.05, 3.63) is 46.0 Å². The van der Waals surface area contributed by atoms with Gasteiger partial charge in [-0.2, -0.15) is 4.98 Å². The first-order valence-electron chi connectivity index (χ1n) is 7.21. The molecular formula is C16H13ClFN3O2S. The van der Waals surface area contributed by atoms with E-state index in [1.54, 1.807) is 6.92 Å². The van der Waals surface area contributed by atoms with Crippen LogP contribution in [0.5, 0.6) is 0 Å². The van der Waals surface area contributed by atoms with E-state index in [4.69, 9.17) is 16.1 Å². The Morgan fingerprint density at radius 2 is 2.21 bits per heavy atom. The molecule has 3 rings (SSSR count). The van der Waals surface area contributed by atoms with Gasteiger partial charge in [0.1, 0.15) is 5.82 Å². The second-order valence-corrected chi connectivity index (χ2v) is 6.52. The molecule has 0 unspecified atom stereocenters. The lowest BCUT2D eigenvalue weighted by Crippen LogP contribution is -2.20. The molecule has 0 aliphatic heterocycles. The molecule has 1 amide bonds. The van der Waals surface area contributed by atoms with Gasteiger partial charge in [-0.3, -0.25) is 4.79 Å². The number of carbonyl (C=O) groups is 1. The van der Waals surface area contributed by atoms with Gasteiger partial charge in [0.25, 0.3) is 5.89 Å². The lowest BCUT2D eigenvalue weighted by Gasteiger charge is -1.99. The average Bonchev–Trinajstić information content (AvgIpc) is 3.21. The number of benzene rings is 1. The first-order chi connectivity index (χ1) is 11.6. The normalized spacial score (nSPS) is 10.8. The third-order valence-corrected chi connectivity index (χ3v) is 4.64. The second-order valence-electron chi connectivity index (χ2n) is 4.94. The molecule has 24 heavy (non-hydrogen) atoms. The fourth-order valence-corrected chi connectivity index (χ4v) is 3.12. The summed E-state index contributed by atoms with van der Waals surface area (Å²) in [6.07, 6.45) is 0.449. The molecule has 1 N–H and O–H groups in total. The molecule has 8 heteroatoms. The van der Waals surface area contributed by atoms with Gasteiger partial charge in [-0.1, -0.05) is 23.7 Å². The Labute approximate surface area is 146 Å². The smallest absolute Gasteiger partial charge is 0.259 e. The van der Waals surface area contributed by atoms with Gasteiger partial charge in [0.2, 0.25) is 11.7 Å². The van der Waals surface area contributed by atoms with Crippen LogP contribution in [0.4, 0.5) is 4.39 Å². The highest BCUT2D eigenvalue weighted by molar-refractivity contribution is 7.15. The van der Waals surface area contributed by atoms with Crippen LogP contribution in [0, 0.1) is 5.82 Å². The summed E-state index contributed by atoms with van der Waals surface area (Å²) >= 11 is 7.46. The van der Waals surface area contributed by atoms with Gasteiger partial charge in [0.15, 0.2) is 0 Å². The quantitative estimate of drug-likeness (QED) is 0.732. The number of amides is 1. The summed E-state index contributed by atoms with van der Waals surface area (Å²) in [7, 11) is 0. The highest BCUT2D eigenvalue weighted by Gasteiger charge is 2.15. The Balaban J connectivity index is 1.78. The van der Waals surface area contributed by atoms with Crippen LogP contribution in [0.25, 0.3) is 22.2 Å². The van der Waals surface area contributed by atoms with Gasteiger partial charge in [-0.05, 0) is 30.3 Å². The van der Waals surface area contributed by atoms with Crippen LogP contribution < -0.4 is 5.32 Å². The number of thiophene rings is 1. The first-order valence-corrected chi connectivity index (χ1v) is 8.41. The second kappa shape index (κ2) is 7.11. The van der Waals surface area contributed by atoms with Gasteiger partial charge in [0.05, 0.1) is 22.0 Å². The predicted molar refractivity (Wildman–Crippen MR) is 90.2 cm³/mol. The fourth-order valence-electron chi connectivity index (χ4n) is 2.00. The van der Waals surface area contributed by atoms with Gasteiger partial charge in [-0.25, -0.2) is 4.39 Å². The van der Waals surface area contributed by atoms with Crippen molar-refractivity contribution in [1.82, 2.24) is 15.5 Å². The van der Waals surface area contributed by atoms with E-state index >= 15 is 0 Å². The molecule has 0 radical (unpaired) electrons. The van der Waals surface area contributed by atoms with Gasteiger partial charge >= 0.3 is 0 Å². The SMILES string of the molecule is CCC(=O)NCc1ccc(-c2noc(-c3ccc(F)cc3Cl)n2)s1. The number of aromatic nitrogens is 2. The summed E-state index contributed by atoms with van der Waals surface area (Å²) in [5.41, 5.74) is 0.476. The van der Waals surface area contributed by atoms with E-state index in [2.05, 4.69) is 15.5 Å². The zero-order chi connectivity index (χ0) is 17.1. The fraction of sp³-hybridized carbons (Fsp3) is 0.188. The molecule has 0 fully saturated rings. The van der Waals surface area contributed by atoms with E-state index in [1.165, 1.54) is 29.5 Å². The van der Waals surface area contributed by atoms with Crippen molar-refractivity contribution in [3.8, 4) is 22.2 Å². The molecule has 0 aliphatic rings. The molecule has 1 aromatic carbocycles. The van der Waals surface area contributed by atoms with Gasteiger partial charge in [-0.15, -0.1) is 11.3 Å². The first kappa shape index (κ1) is 16.6. The number of rotatable bonds is 5. The number of nitrogens with zero attached hydrogens (tertiary/aromatic N) is 2. The van der Waals surface area contributed by atoms with Gasteiger partial charge in [0, 0.05) is 11.3 Å². The number of hydrogen-bond acceptors (Lipinski definition) is 5. The van der Waals surface area contributed by atoms with Crippen LogP contribution in [-0.4, -0.2) is 16.0 Å². The maximum absolute atomic E-state index is 13.1. The molecule has 3 aromatic rings. The highest BCUT2D eigenvalue weighted by Crippen LogP contribution is 2.31. The molecule has 5 nitrogen and oxygen atoms in total. The van der Waals surface area contributed by atoms with Crippen LogP contribution in [0.2, 0.25) is 5.02 Å². The average molecular weight is 366 g/mol. The molecular weight excluding hydrogens is 353 g/mol. The molecule has 0 saturated carbocycles. The third-order valence-electron chi connectivity index (χ3n) is 3.25. The largest absolute Gasteiger partial charge is 0.351 e. The standard InChI is InChI=1S/C16H13ClFN3O2S/c1-2-14(22)19-8-10-4-6-13(24-10)15-20-16(23-21-15)11-5-3-9(18)7-12(11)17/h3-7H,2,8H2,1H3,(H,19,22). The molecule has 0 bridgehead atoms.